The molecule has 3 N–H and O–H groups in total. The van der Waals surface area contributed by atoms with Crippen LogP contribution in [0.1, 0.15) is 76.7 Å². The third kappa shape index (κ3) is 5.40. The number of carbonyl (C=O) groups is 3. The normalized spacial score (nSPS) is 18.9. The lowest BCUT2D eigenvalue weighted by Crippen LogP contribution is -2.51. The van der Waals surface area contributed by atoms with Crippen LogP contribution in [0.25, 0.3) is 0 Å². The molecule has 2 heterocycles. The molecule has 0 radical (unpaired) electrons. The van der Waals surface area contributed by atoms with Crippen LogP contribution in [-0.2, 0) is 26.4 Å². The van der Waals surface area contributed by atoms with Gasteiger partial charge in [-0.25, -0.2) is 14.8 Å². The zero-order valence-electron chi connectivity index (χ0n) is 24.4. The number of hydrogen-bond acceptors (Lipinski definition) is 5. The van der Waals surface area contributed by atoms with Gasteiger partial charge < -0.3 is 20.3 Å². The van der Waals surface area contributed by atoms with Crippen molar-refractivity contribution in [2.24, 2.45) is 5.41 Å². The predicted octanol–water partition coefficient (Wildman–Crippen LogP) is 5.06. The van der Waals surface area contributed by atoms with Crippen molar-refractivity contribution in [2.45, 2.75) is 76.8 Å². The highest BCUT2D eigenvalue weighted by Gasteiger charge is 2.51. The maximum atomic E-state index is 13.7. The van der Waals surface area contributed by atoms with Crippen LogP contribution in [0.4, 0.5) is 10.6 Å². The number of rotatable bonds is 7. The Morgan fingerprint density at radius 1 is 1.13 bits per heavy atom. The summed E-state index contributed by atoms with van der Waals surface area (Å²) in [6.07, 6.45) is 9.42. The van der Waals surface area contributed by atoms with Gasteiger partial charge in [-0.1, -0.05) is 30.3 Å². The highest BCUT2D eigenvalue weighted by atomic mass is 32.3. The van der Waals surface area contributed by atoms with Crippen LogP contribution in [-0.4, -0.2) is 63.1 Å². The van der Waals surface area contributed by atoms with Gasteiger partial charge in [0.15, 0.2) is 5.82 Å². The van der Waals surface area contributed by atoms with Gasteiger partial charge in [-0.2, -0.15) is 5.10 Å². The Hall–Kier alpha value is -3.01. The summed E-state index contributed by atoms with van der Waals surface area (Å²) in [7, 11) is -1.11. The van der Waals surface area contributed by atoms with E-state index in [4.69, 9.17) is 4.74 Å². The van der Waals surface area contributed by atoms with Crippen LogP contribution in [0.2, 0.25) is 0 Å². The van der Waals surface area contributed by atoms with Crippen molar-refractivity contribution < 1.29 is 19.1 Å². The molecule has 1 aromatic heterocycles. The van der Waals surface area contributed by atoms with Gasteiger partial charge in [-0.15, -0.1) is 0 Å². The highest BCUT2D eigenvalue weighted by Crippen LogP contribution is 2.60. The van der Waals surface area contributed by atoms with E-state index >= 15 is 0 Å². The zero-order valence-corrected chi connectivity index (χ0v) is 25.3. The Morgan fingerprint density at radius 3 is 2.31 bits per heavy atom. The molecule has 4 rings (SSSR count). The van der Waals surface area contributed by atoms with Gasteiger partial charge in [0, 0.05) is 5.56 Å². The van der Waals surface area contributed by atoms with Gasteiger partial charge in [0.05, 0.1) is 34.0 Å². The fourth-order valence-corrected chi connectivity index (χ4v) is 7.41. The fraction of sp³-hybridized carbons (Fsp3) is 0.586. The van der Waals surface area contributed by atoms with Crippen LogP contribution in [0.5, 0.6) is 0 Å². The molecule has 214 valence electrons. The van der Waals surface area contributed by atoms with Gasteiger partial charge in [0.1, 0.15) is 6.61 Å². The van der Waals surface area contributed by atoms with Crippen LogP contribution in [0.3, 0.4) is 0 Å². The number of ether oxygens (including phenoxy) is 1. The van der Waals surface area contributed by atoms with E-state index in [-0.39, 0.29) is 29.3 Å². The molecule has 39 heavy (non-hydrogen) atoms. The van der Waals surface area contributed by atoms with Gasteiger partial charge in [-0.05, 0) is 78.2 Å². The van der Waals surface area contributed by atoms with Crippen molar-refractivity contribution in [3.8, 4) is 0 Å². The zero-order chi connectivity index (χ0) is 28.8. The monoisotopic (exact) mass is 557 g/mol. The Labute approximate surface area is 233 Å². The second-order valence-electron chi connectivity index (χ2n) is 13.0. The Bertz CT molecular complexity index is 1240. The molecule has 10 heteroatoms. The maximum Gasteiger partial charge on any atom is 0.319 e. The Morgan fingerprint density at radius 2 is 1.77 bits per heavy atom. The fourth-order valence-electron chi connectivity index (χ4n) is 5.29. The van der Waals surface area contributed by atoms with Crippen LogP contribution in [0, 0.1) is 5.41 Å². The molecule has 2 aromatic rings. The number of aromatic amines is 1. The Kier molecular flexibility index (Phi) is 7.57. The molecular weight excluding hydrogens is 514 g/mol. The molecule has 9 nitrogen and oxygen atoms in total. The van der Waals surface area contributed by atoms with Crippen molar-refractivity contribution in [3.05, 3.63) is 47.2 Å². The third-order valence-electron chi connectivity index (χ3n) is 8.19. The number of urea groups is 1. The molecule has 1 aliphatic heterocycles. The minimum absolute atomic E-state index is 0.0193. The summed E-state index contributed by atoms with van der Waals surface area (Å²) in [6.45, 7) is 9.60. The largest absolute Gasteiger partial charge is 0.463 e. The van der Waals surface area contributed by atoms with E-state index in [1.165, 1.54) is 0 Å². The van der Waals surface area contributed by atoms with E-state index in [0.29, 0.717) is 12.4 Å². The number of esters is 1. The Balaban J connectivity index is 1.51. The maximum absolute atomic E-state index is 13.7. The number of benzene rings is 1. The number of nitrogens with zero attached hydrogens (tertiary/aromatic N) is 2. The van der Waals surface area contributed by atoms with Crippen molar-refractivity contribution in [3.63, 3.8) is 0 Å². The van der Waals surface area contributed by atoms with Gasteiger partial charge >= 0.3 is 12.0 Å². The number of H-pyrrole nitrogens is 1. The summed E-state index contributed by atoms with van der Waals surface area (Å²) in [5.41, 5.74) is 1.12. The van der Waals surface area contributed by atoms with Crippen molar-refractivity contribution >= 4 is 33.8 Å². The van der Waals surface area contributed by atoms with Gasteiger partial charge in [0.2, 0.25) is 5.91 Å². The van der Waals surface area contributed by atoms with E-state index in [1.54, 1.807) is 25.7 Å². The van der Waals surface area contributed by atoms with E-state index < -0.39 is 27.0 Å². The standard InChI is InChI=1S/C29H43N5O4S/c1-27(2,3)25(36)38-18-21(19-13-10-9-11-14-19)30-26(37)34-17-20-22(28(34,4)5)32-33-23(20)31-24(35)29(15-12-16-29)39(6,7)8/h9-11,13-14,21H,12,15-18H2,1-8H3,(H,30,37)(H2,31,32,33,35)/t21-/m1/s1. The van der Waals surface area contributed by atoms with E-state index in [9.17, 15) is 14.4 Å². The first kappa shape index (κ1) is 29.0. The average molecular weight is 558 g/mol. The number of nitrogens with one attached hydrogen (secondary N) is 3. The molecular formula is C29H43N5O4S. The second-order valence-corrected chi connectivity index (χ2v) is 17.4. The summed E-state index contributed by atoms with van der Waals surface area (Å²) in [5, 5.41) is 13.7. The molecule has 1 aromatic carbocycles. The van der Waals surface area contributed by atoms with E-state index in [2.05, 4.69) is 39.6 Å². The first-order valence-corrected chi connectivity index (χ1v) is 16.3. The second kappa shape index (κ2) is 10.2. The molecule has 0 unspecified atom stereocenters. The molecule has 0 bridgehead atoms. The lowest BCUT2D eigenvalue weighted by molar-refractivity contribution is -0.153. The van der Waals surface area contributed by atoms with Crippen molar-refractivity contribution in [1.82, 2.24) is 20.4 Å². The number of aromatic nitrogens is 2. The summed E-state index contributed by atoms with van der Waals surface area (Å²) in [5.74, 6) is 0.185. The number of carbonyl (C=O) groups excluding carboxylic acids is 3. The number of amides is 3. The molecule has 0 spiro atoms. The highest BCUT2D eigenvalue weighted by molar-refractivity contribution is 8.33. The molecule has 0 saturated heterocycles. The van der Waals surface area contributed by atoms with E-state index in [0.717, 1.165) is 36.1 Å². The smallest absolute Gasteiger partial charge is 0.319 e. The summed E-state index contributed by atoms with van der Waals surface area (Å²) >= 11 is 0. The van der Waals surface area contributed by atoms with Crippen LogP contribution < -0.4 is 10.6 Å². The molecule has 1 aliphatic carbocycles. The van der Waals surface area contributed by atoms with Crippen LogP contribution in [0.15, 0.2) is 30.3 Å². The van der Waals surface area contributed by atoms with Gasteiger partial charge in [-0.3, -0.25) is 14.7 Å². The number of hydrogen-bond donors (Lipinski definition) is 3. The average Bonchev–Trinajstić information content (AvgIpc) is 3.32. The summed E-state index contributed by atoms with van der Waals surface area (Å²) < 4.78 is 5.25. The number of fused-ring (bicyclic) bond motifs is 1. The summed E-state index contributed by atoms with van der Waals surface area (Å²) in [4.78, 5) is 41.3. The van der Waals surface area contributed by atoms with Crippen molar-refractivity contribution in [1.29, 1.82) is 0 Å². The predicted molar refractivity (Wildman–Crippen MR) is 156 cm³/mol. The summed E-state index contributed by atoms with van der Waals surface area (Å²) in [6, 6.07) is 8.66. The van der Waals surface area contributed by atoms with Crippen LogP contribution >= 0.6 is 10.0 Å². The minimum Gasteiger partial charge on any atom is -0.463 e. The third-order valence-corrected chi connectivity index (χ3v) is 11.1. The number of anilines is 1. The van der Waals surface area contributed by atoms with Gasteiger partial charge in [0.25, 0.3) is 0 Å². The van der Waals surface area contributed by atoms with Crippen molar-refractivity contribution in [2.75, 3.05) is 30.7 Å². The first-order valence-electron chi connectivity index (χ1n) is 13.5. The first-order chi connectivity index (χ1) is 18.1. The lowest BCUT2D eigenvalue weighted by atomic mass is 9.83. The molecule has 2 aliphatic rings. The topological polar surface area (TPSA) is 116 Å². The quantitative estimate of drug-likeness (QED) is 0.412. The SMILES string of the molecule is CC(C)(C)C(=O)OC[C@@H](NC(=O)N1Cc2c(NC(=O)C3(S(C)(C)C)CCC3)n[nH]c2C1(C)C)c1ccccc1. The molecule has 1 fully saturated rings. The van der Waals surface area contributed by atoms with E-state index in [1.807, 2.05) is 44.2 Å². The molecule has 1 saturated carbocycles. The minimum atomic E-state index is -1.11. The molecule has 3 amide bonds. The molecule has 1 atom stereocenters. The lowest BCUT2D eigenvalue weighted by Gasteiger charge is -2.53.